The summed E-state index contributed by atoms with van der Waals surface area (Å²) in [7, 11) is 0. The van der Waals surface area contributed by atoms with Crippen LogP contribution in [0.4, 0.5) is 0 Å². The number of nitrogens with zero attached hydrogens (tertiary/aromatic N) is 2. The van der Waals surface area contributed by atoms with Crippen LogP contribution < -0.4 is 15.2 Å². The number of hydrogen-bond donors (Lipinski definition) is 1. The van der Waals surface area contributed by atoms with E-state index >= 15 is 0 Å². The Hall–Kier alpha value is -1.91. The fourth-order valence-electron chi connectivity index (χ4n) is 2.88. The van der Waals surface area contributed by atoms with E-state index in [1.54, 1.807) is 0 Å². The van der Waals surface area contributed by atoms with E-state index in [1.165, 1.54) is 25.7 Å². The van der Waals surface area contributed by atoms with Gasteiger partial charge in [-0.05, 0) is 30.5 Å². The third kappa shape index (κ3) is 3.84. The van der Waals surface area contributed by atoms with Crippen molar-refractivity contribution in [3.63, 3.8) is 0 Å². The molecule has 2 aliphatic heterocycles. The largest absolute Gasteiger partial charge is 0.490 e. The van der Waals surface area contributed by atoms with Crippen LogP contribution in [-0.2, 0) is 6.54 Å². The van der Waals surface area contributed by atoms with Crippen LogP contribution in [-0.4, -0.2) is 37.2 Å². The Kier molecular flexibility index (Phi) is 5.03. The van der Waals surface area contributed by atoms with Crippen molar-refractivity contribution in [3.8, 4) is 11.5 Å². The van der Waals surface area contributed by atoms with Crippen molar-refractivity contribution in [2.24, 2.45) is 10.7 Å². The van der Waals surface area contributed by atoms with Gasteiger partial charge in [-0.1, -0.05) is 18.9 Å². The van der Waals surface area contributed by atoms with Crippen LogP contribution in [0.3, 0.4) is 0 Å². The summed E-state index contributed by atoms with van der Waals surface area (Å²) in [5, 5.41) is 0. The first-order chi connectivity index (χ1) is 10.8. The zero-order valence-electron chi connectivity index (χ0n) is 13.1. The molecule has 0 spiro atoms. The molecule has 0 radical (unpaired) electrons. The monoisotopic (exact) mass is 303 g/mol. The summed E-state index contributed by atoms with van der Waals surface area (Å²) in [4.78, 5) is 6.76. The number of fused-ring (bicyclic) bond motifs is 1. The Morgan fingerprint density at radius 3 is 2.50 bits per heavy atom. The van der Waals surface area contributed by atoms with Crippen LogP contribution in [0.1, 0.15) is 37.7 Å². The molecule has 5 heteroatoms. The predicted octanol–water partition coefficient (Wildman–Crippen LogP) is 2.54. The molecule has 120 valence electrons. The maximum Gasteiger partial charge on any atom is 0.191 e. The zero-order chi connectivity index (χ0) is 15.2. The van der Waals surface area contributed by atoms with Crippen LogP contribution in [0.25, 0.3) is 0 Å². The molecule has 2 aliphatic rings. The summed E-state index contributed by atoms with van der Waals surface area (Å²) in [6, 6.07) is 6.01. The highest BCUT2D eigenvalue weighted by molar-refractivity contribution is 5.78. The minimum atomic E-state index is 0.582. The van der Waals surface area contributed by atoms with Gasteiger partial charge in [-0.15, -0.1) is 0 Å². The summed E-state index contributed by atoms with van der Waals surface area (Å²) in [5.74, 6) is 2.30. The molecule has 0 aliphatic carbocycles. The Morgan fingerprint density at radius 2 is 1.73 bits per heavy atom. The molecule has 0 unspecified atom stereocenters. The molecule has 0 bridgehead atoms. The van der Waals surface area contributed by atoms with E-state index in [1.807, 2.05) is 18.2 Å². The van der Waals surface area contributed by atoms with E-state index < -0.39 is 0 Å². The number of rotatable bonds is 2. The average molecular weight is 303 g/mol. The minimum absolute atomic E-state index is 0.582. The molecule has 2 N–H and O–H groups in total. The van der Waals surface area contributed by atoms with E-state index in [-0.39, 0.29) is 0 Å². The van der Waals surface area contributed by atoms with E-state index in [4.69, 9.17) is 15.2 Å². The van der Waals surface area contributed by atoms with Gasteiger partial charge in [0.15, 0.2) is 17.5 Å². The van der Waals surface area contributed by atoms with Crippen molar-refractivity contribution in [2.75, 3.05) is 26.3 Å². The fourth-order valence-corrected chi connectivity index (χ4v) is 2.88. The highest BCUT2D eigenvalue weighted by Gasteiger charge is 2.12. The van der Waals surface area contributed by atoms with Crippen molar-refractivity contribution >= 4 is 5.96 Å². The van der Waals surface area contributed by atoms with Gasteiger partial charge >= 0.3 is 0 Å². The zero-order valence-corrected chi connectivity index (χ0v) is 13.1. The Morgan fingerprint density at radius 1 is 1.00 bits per heavy atom. The van der Waals surface area contributed by atoms with Crippen molar-refractivity contribution in [2.45, 2.75) is 38.6 Å². The smallest absolute Gasteiger partial charge is 0.191 e. The summed E-state index contributed by atoms with van der Waals surface area (Å²) in [6.45, 7) is 4.05. The lowest BCUT2D eigenvalue weighted by Crippen LogP contribution is -2.38. The van der Waals surface area contributed by atoms with Gasteiger partial charge in [-0.25, -0.2) is 4.99 Å². The quantitative estimate of drug-likeness (QED) is 0.674. The van der Waals surface area contributed by atoms with Crippen LogP contribution in [0.2, 0.25) is 0 Å². The van der Waals surface area contributed by atoms with Gasteiger partial charge in [-0.2, -0.15) is 0 Å². The number of likely N-dealkylation sites (tertiary alicyclic amines) is 1. The number of ether oxygens (including phenoxy) is 2. The van der Waals surface area contributed by atoms with Crippen LogP contribution >= 0.6 is 0 Å². The molecule has 1 aromatic carbocycles. The first-order valence-corrected chi connectivity index (χ1v) is 8.26. The van der Waals surface area contributed by atoms with Gasteiger partial charge in [-0.3, -0.25) is 0 Å². The lowest BCUT2D eigenvalue weighted by molar-refractivity contribution is 0.297. The molecule has 0 amide bonds. The molecule has 2 heterocycles. The van der Waals surface area contributed by atoms with Crippen molar-refractivity contribution in [1.29, 1.82) is 0 Å². The molecule has 1 aromatic rings. The van der Waals surface area contributed by atoms with E-state index in [0.717, 1.165) is 36.6 Å². The van der Waals surface area contributed by atoms with Crippen molar-refractivity contribution in [3.05, 3.63) is 23.8 Å². The van der Waals surface area contributed by atoms with Gasteiger partial charge in [0.2, 0.25) is 0 Å². The highest BCUT2D eigenvalue weighted by Crippen LogP contribution is 2.30. The summed E-state index contributed by atoms with van der Waals surface area (Å²) in [6.07, 6.45) is 5.93. The maximum absolute atomic E-state index is 6.15. The van der Waals surface area contributed by atoms with Crippen LogP contribution in [0, 0.1) is 0 Å². The number of nitrogens with two attached hydrogens (primary N) is 1. The van der Waals surface area contributed by atoms with Gasteiger partial charge in [0.1, 0.15) is 0 Å². The van der Waals surface area contributed by atoms with Gasteiger partial charge < -0.3 is 20.1 Å². The Labute approximate surface area is 132 Å². The first kappa shape index (κ1) is 15.0. The van der Waals surface area contributed by atoms with Gasteiger partial charge in [0.25, 0.3) is 0 Å². The van der Waals surface area contributed by atoms with Gasteiger partial charge in [0.05, 0.1) is 19.8 Å². The second-order valence-corrected chi connectivity index (χ2v) is 5.91. The Balaban J connectivity index is 1.65. The van der Waals surface area contributed by atoms with E-state index in [2.05, 4.69) is 9.89 Å². The molecule has 22 heavy (non-hydrogen) atoms. The highest BCUT2D eigenvalue weighted by atomic mass is 16.5. The summed E-state index contributed by atoms with van der Waals surface area (Å²) in [5.41, 5.74) is 7.25. The molecule has 5 nitrogen and oxygen atoms in total. The van der Waals surface area contributed by atoms with Crippen LogP contribution in [0.5, 0.6) is 11.5 Å². The molecule has 1 fully saturated rings. The lowest BCUT2D eigenvalue weighted by atomic mass is 10.2. The van der Waals surface area contributed by atoms with Crippen molar-refractivity contribution in [1.82, 2.24) is 4.90 Å². The second-order valence-electron chi connectivity index (χ2n) is 5.91. The standard InChI is InChI=1S/C17H25N3O2/c18-17(20-8-3-1-2-4-9-20)19-13-14-6-7-15-16(12-14)22-11-5-10-21-15/h6-7,12H,1-5,8-11,13H2,(H2,18,19). The molecular formula is C17H25N3O2. The van der Waals surface area contributed by atoms with Crippen molar-refractivity contribution < 1.29 is 9.47 Å². The van der Waals surface area contributed by atoms with E-state index in [0.29, 0.717) is 25.7 Å². The molecule has 0 saturated carbocycles. The number of guanidine groups is 1. The Bertz CT molecular complexity index is 523. The third-order valence-corrected chi connectivity index (χ3v) is 4.17. The van der Waals surface area contributed by atoms with Gasteiger partial charge in [0, 0.05) is 19.5 Å². The molecule has 0 atom stereocenters. The van der Waals surface area contributed by atoms with Crippen LogP contribution in [0.15, 0.2) is 23.2 Å². The molecule has 0 aromatic heterocycles. The minimum Gasteiger partial charge on any atom is -0.490 e. The number of hydrogen-bond acceptors (Lipinski definition) is 3. The second kappa shape index (κ2) is 7.38. The summed E-state index contributed by atoms with van der Waals surface area (Å²) >= 11 is 0. The molecular weight excluding hydrogens is 278 g/mol. The number of benzene rings is 1. The normalized spacial score (nSPS) is 19.5. The summed E-state index contributed by atoms with van der Waals surface area (Å²) < 4.78 is 11.4. The topological polar surface area (TPSA) is 60.1 Å². The molecule has 1 saturated heterocycles. The number of aliphatic imine (C=N–C) groups is 1. The average Bonchev–Trinajstić information content (AvgIpc) is 2.94. The SMILES string of the molecule is NC(=NCc1ccc2c(c1)OCCCO2)N1CCCCCC1. The maximum atomic E-state index is 6.15. The fraction of sp³-hybridized carbons (Fsp3) is 0.588. The van der Waals surface area contributed by atoms with E-state index in [9.17, 15) is 0 Å². The molecule has 3 rings (SSSR count). The first-order valence-electron chi connectivity index (χ1n) is 8.26. The lowest BCUT2D eigenvalue weighted by Gasteiger charge is -2.21. The third-order valence-electron chi connectivity index (χ3n) is 4.17. The predicted molar refractivity (Wildman–Crippen MR) is 87.4 cm³/mol.